The van der Waals surface area contributed by atoms with E-state index in [-0.39, 0.29) is 12.5 Å². The van der Waals surface area contributed by atoms with Crippen molar-refractivity contribution in [2.75, 3.05) is 18.8 Å². The number of anilines is 1. The van der Waals surface area contributed by atoms with E-state index < -0.39 is 5.97 Å². The molecule has 0 aliphatic rings. The number of carboxylic acid groups (broad SMARTS) is 1. The van der Waals surface area contributed by atoms with Crippen molar-refractivity contribution >= 4 is 17.6 Å². The number of rotatable bonds is 5. The molecule has 0 fully saturated rings. The zero-order valence-corrected chi connectivity index (χ0v) is 10.6. The van der Waals surface area contributed by atoms with Crippen molar-refractivity contribution in [2.24, 2.45) is 0 Å². The Balaban J connectivity index is 2.93. The lowest BCUT2D eigenvalue weighted by atomic mass is 10.1. The zero-order chi connectivity index (χ0) is 13.7. The Morgan fingerprint density at radius 2 is 2.06 bits per heavy atom. The van der Waals surface area contributed by atoms with Gasteiger partial charge in [0.25, 0.3) is 5.91 Å². The summed E-state index contributed by atoms with van der Waals surface area (Å²) in [7, 11) is 0. The van der Waals surface area contributed by atoms with Gasteiger partial charge in [-0.25, -0.2) is 0 Å². The van der Waals surface area contributed by atoms with E-state index in [9.17, 15) is 9.59 Å². The molecule has 1 aromatic rings. The lowest BCUT2D eigenvalue weighted by Crippen LogP contribution is -2.36. The predicted octanol–water partition coefficient (Wildman–Crippen LogP) is 1.51. The topological polar surface area (TPSA) is 83.6 Å². The summed E-state index contributed by atoms with van der Waals surface area (Å²) < 4.78 is 0. The number of carboxylic acids is 1. The molecule has 98 valence electrons. The molecule has 18 heavy (non-hydrogen) atoms. The van der Waals surface area contributed by atoms with Crippen LogP contribution in [0.25, 0.3) is 0 Å². The molecule has 0 heterocycles. The monoisotopic (exact) mass is 250 g/mol. The number of nitrogens with two attached hydrogens (primary N) is 1. The number of amides is 1. The first-order valence-electron chi connectivity index (χ1n) is 5.83. The van der Waals surface area contributed by atoms with Gasteiger partial charge >= 0.3 is 5.97 Å². The number of carbonyl (C=O) groups excluding carboxylic acids is 1. The van der Waals surface area contributed by atoms with Crippen LogP contribution in [0.1, 0.15) is 29.3 Å². The highest BCUT2D eigenvalue weighted by Gasteiger charge is 2.18. The van der Waals surface area contributed by atoms with Crippen LogP contribution in [-0.4, -0.2) is 35.0 Å². The minimum Gasteiger partial charge on any atom is -0.480 e. The zero-order valence-electron chi connectivity index (χ0n) is 10.6. The van der Waals surface area contributed by atoms with E-state index in [1.807, 2.05) is 13.8 Å². The Labute approximate surface area is 106 Å². The summed E-state index contributed by atoms with van der Waals surface area (Å²) in [5.74, 6) is -1.32. The Bertz CT molecular complexity index is 458. The SMILES string of the molecule is CCCN(CC(=O)O)C(=O)c1ccc(C)c(N)c1. The molecule has 1 aromatic carbocycles. The fraction of sp³-hybridized carbons (Fsp3) is 0.385. The molecule has 0 spiro atoms. The molecular formula is C13H18N2O3. The Kier molecular flexibility index (Phi) is 4.71. The molecule has 0 radical (unpaired) electrons. The van der Waals surface area contributed by atoms with Gasteiger partial charge in [0.15, 0.2) is 0 Å². The maximum atomic E-state index is 12.1. The first kappa shape index (κ1) is 14.0. The fourth-order valence-electron chi connectivity index (χ4n) is 1.64. The van der Waals surface area contributed by atoms with Crippen molar-refractivity contribution in [3.05, 3.63) is 29.3 Å². The fourth-order valence-corrected chi connectivity index (χ4v) is 1.64. The van der Waals surface area contributed by atoms with Crippen molar-refractivity contribution in [1.29, 1.82) is 0 Å². The highest BCUT2D eigenvalue weighted by atomic mass is 16.4. The average molecular weight is 250 g/mol. The summed E-state index contributed by atoms with van der Waals surface area (Å²) in [5, 5.41) is 8.79. The molecule has 1 amide bonds. The summed E-state index contributed by atoms with van der Waals surface area (Å²) in [6.45, 7) is 3.87. The van der Waals surface area contributed by atoms with Crippen molar-refractivity contribution < 1.29 is 14.7 Å². The van der Waals surface area contributed by atoms with Crippen LogP contribution in [0.15, 0.2) is 18.2 Å². The second-order valence-electron chi connectivity index (χ2n) is 4.19. The third-order valence-electron chi connectivity index (χ3n) is 2.63. The third kappa shape index (κ3) is 3.48. The highest BCUT2D eigenvalue weighted by molar-refractivity contribution is 5.96. The Hall–Kier alpha value is -2.04. The second kappa shape index (κ2) is 6.05. The van der Waals surface area contributed by atoms with Gasteiger partial charge < -0.3 is 15.7 Å². The van der Waals surface area contributed by atoms with E-state index in [1.165, 1.54) is 4.90 Å². The smallest absolute Gasteiger partial charge is 0.323 e. The molecule has 0 atom stereocenters. The van der Waals surface area contributed by atoms with E-state index in [0.29, 0.717) is 24.2 Å². The maximum absolute atomic E-state index is 12.1. The van der Waals surface area contributed by atoms with Crippen LogP contribution in [0.4, 0.5) is 5.69 Å². The van der Waals surface area contributed by atoms with Crippen molar-refractivity contribution in [3.63, 3.8) is 0 Å². The van der Waals surface area contributed by atoms with Crippen LogP contribution < -0.4 is 5.73 Å². The molecule has 5 heteroatoms. The summed E-state index contributed by atoms with van der Waals surface area (Å²) in [5.41, 5.74) is 7.60. The predicted molar refractivity (Wildman–Crippen MR) is 69.4 cm³/mol. The minimum absolute atomic E-state index is 0.291. The molecular weight excluding hydrogens is 232 g/mol. The largest absolute Gasteiger partial charge is 0.480 e. The molecule has 0 saturated heterocycles. The van der Waals surface area contributed by atoms with Crippen molar-refractivity contribution in [1.82, 2.24) is 4.90 Å². The van der Waals surface area contributed by atoms with Crippen LogP contribution in [0.5, 0.6) is 0 Å². The number of hydrogen-bond acceptors (Lipinski definition) is 3. The summed E-state index contributed by atoms with van der Waals surface area (Å²) in [6, 6.07) is 5.01. The number of benzene rings is 1. The number of aryl methyl sites for hydroxylation is 1. The van der Waals surface area contributed by atoms with Gasteiger partial charge in [-0.15, -0.1) is 0 Å². The molecule has 0 aromatic heterocycles. The van der Waals surface area contributed by atoms with Crippen LogP contribution in [0.3, 0.4) is 0 Å². The van der Waals surface area contributed by atoms with Crippen molar-refractivity contribution in [2.45, 2.75) is 20.3 Å². The molecule has 5 nitrogen and oxygen atoms in total. The Morgan fingerprint density at radius 1 is 1.39 bits per heavy atom. The quantitative estimate of drug-likeness (QED) is 0.776. The molecule has 0 aliphatic carbocycles. The molecule has 1 rings (SSSR count). The first-order chi connectivity index (χ1) is 8.45. The van der Waals surface area contributed by atoms with Gasteiger partial charge in [-0.05, 0) is 31.0 Å². The van der Waals surface area contributed by atoms with Gasteiger partial charge in [0, 0.05) is 17.8 Å². The van der Waals surface area contributed by atoms with Gasteiger partial charge in [-0.2, -0.15) is 0 Å². The number of nitrogen functional groups attached to an aromatic ring is 1. The lowest BCUT2D eigenvalue weighted by Gasteiger charge is -2.20. The van der Waals surface area contributed by atoms with Crippen LogP contribution >= 0.6 is 0 Å². The molecule has 3 N–H and O–H groups in total. The van der Waals surface area contributed by atoms with E-state index in [1.54, 1.807) is 18.2 Å². The summed E-state index contributed by atoms with van der Waals surface area (Å²) in [6.07, 6.45) is 0.709. The van der Waals surface area contributed by atoms with E-state index in [2.05, 4.69) is 0 Å². The van der Waals surface area contributed by atoms with E-state index in [0.717, 1.165) is 5.56 Å². The summed E-state index contributed by atoms with van der Waals surface area (Å²) >= 11 is 0. The van der Waals surface area contributed by atoms with Gasteiger partial charge in [0.1, 0.15) is 6.54 Å². The number of carbonyl (C=O) groups is 2. The van der Waals surface area contributed by atoms with Gasteiger partial charge in [0.2, 0.25) is 0 Å². The lowest BCUT2D eigenvalue weighted by molar-refractivity contribution is -0.137. The molecule has 0 saturated carbocycles. The Morgan fingerprint density at radius 3 is 2.56 bits per heavy atom. The average Bonchev–Trinajstić information content (AvgIpc) is 2.31. The molecule has 0 unspecified atom stereocenters. The standard InChI is InChI=1S/C13H18N2O3/c1-3-6-15(8-12(16)17)13(18)10-5-4-9(2)11(14)7-10/h4-5,7H,3,6,8,14H2,1-2H3,(H,16,17). The van der Waals surface area contributed by atoms with Crippen LogP contribution in [0, 0.1) is 6.92 Å². The number of hydrogen-bond donors (Lipinski definition) is 2. The van der Waals surface area contributed by atoms with Gasteiger partial charge in [-0.3, -0.25) is 9.59 Å². The van der Waals surface area contributed by atoms with E-state index in [4.69, 9.17) is 10.8 Å². The minimum atomic E-state index is -1.02. The van der Waals surface area contributed by atoms with Crippen LogP contribution in [-0.2, 0) is 4.79 Å². The maximum Gasteiger partial charge on any atom is 0.323 e. The van der Waals surface area contributed by atoms with Gasteiger partial charge in [0.05, 0.1) is 0 Å². The molecule has 0 bridgehead atoms. The number of nitrogens with zero attached hydrogens (tertiary/aromatic N) is 1. The van der Waals surface area contributed by atoms with Gasteiger partial charge in [-0.1, -0.05) is 13.0 Å². The third-order valence-corrected chi connectivity index (χ3v) is 2.63. The summed E-state index contributed by atoms with van der Waals surface area (Å²) in [4.78, 5) is 24.2. The number of aliphatic carboxylic acids is 1. The first-order valence-corrected chi connectivity index (χ1v) is 5.83. The van der Waals surface area contributed by atoms with Crippen molar-refractivity contribution in [3.8, 4) is 0 Å². The normalized spacial score (nSPS) is 10.1. The highest BCUT2D eigenvalue weighted by Crippen LogP contribution is 2.14. The van der Waals surface area contributed by atoms with Crippen LogP contribution in [0.2, 0.25) is 0 Å². The molecule has 0 aliphatic heterocycles. The second-order valence-corrected chi connectivity index (χ2v) is 4.19. The van der Waals surface area contributed by atoms with E-state index >= 15 is 0 Å².